The predicted octanol–water partition coefficient (Wildman–Crippen LogP) is 4.87. The number of fused-ring (bicyclic) bond motifs is 1. The van der Waals surface area contributed by atoms with E-state index in [1.165, 1.54) is 6.08 Å². The molecule has 0 unspecified atom stereocenters. The number of benzene rings is 2. The van der Waals surface area contributed by atoms with E-state index < -0.39 is 5.91 Å². The van der Waals surface area contributed by atoms with Gasteiger partial charge in [0.2, 0.25) is 0 Å². The number of hydrogen-bond acceptors (Lipinski definition) is 3. The Bertz CT molecular complexity index is 1090. The molecule has 3 rings (SSSR count). The minimum Gasteiger partial charge on any atom is -0.489 e. The summed E-state index contributed by atoms with van der Waals surface area (Å²) in [5.41, 5.74) is 2.87. The number of aromatic nitrogens is 1. The summed E-state index contributed by atoms with van der Waals surface area (Å²) in [6.07, 6.45) is 4.14. The molecule has 0 saturated heterocycles. The fourth-order valence-corrected chi connectivity index (χ4v) is 3.25. The lowest BCUT2D eigenvalue weighted by Crippen LogP contribution is -2.26. The van der Waals surface area contributed by atoms with Crippen molar-refractivity contribution in [3.63, 3.8) is 0 Å². The topological polar surface area (TPSA) is 77.9 Å². The maximum atomic E-state index is 12.4. The molecule has 0 aliphatic carbocycles. The lowest BCUT2D eigenvalue weighted by molar-refractivity contribution is -0.117. The van der Waals surface area contributed by atoms with Crippen LogP contribution in [0.25, 0.3) is 17.0 Å². The van der Waals surface area contributed by atoms with E-state index in [0.717, 1.165) is 16.5 Å². The van der Waals surface area contributed by atoms with Gasteiger partial charge in [0.1, 0.15) is 17.4 Å². The molecule has 1 heterocycles. The largest absolute Gasteiger partial charge is 0.489 e. The number of aromatic amines is 1. The molecule has 0 radical (unpaired) electrons. The molecule has 0 aliphatic rings. The summed E-state index contributed by atoms with van der Waals surface area (Å²) in [7, 11) is 0. The van der Waals surface area contributed by atoms with Gasteiger partial charge in [0.25, 0.3) is 5.91 Å². The minimum atomic E-state index is -0.411. The molecule has 6 heteroatoms. The van der Waals surface area contributed by atoms with Crippen molar-refractivity contribution in [2.75, 3.05) is 6.54 Å². The fourth-order valence-electron chi connectivity index (χ4n) is 3.02. The third-order valence-electron chi connectivity index (χ3n) is 4.35. The summed E-state index contributed by atoms with van der Waals surface area (Å²) in [5.74, 6) is 0.159. The highest BCUT2D eigenvalue weighted by atomic mass is 35.5. The zero-order valence-electron chi connectivity index (χ0n) is 16.3. The number of nitrogens with one attached hydrogen (secondary N) is 2. The highest BCUT2D eigenvalue weighted by Gasteiger charge is 2.11. The molecule has 0 bridgehead atoms. The number of nitrogens with zero attached hydrogens (tertiary/aromatic N) is 1. The Morgan fingerprint density at radius 3 is 2.83 bits per heavy atom. The number of para-hydroxylation sites is 1. The number of rotatable bonds is 7. The van der Waals surface area contributed by atoms with Gasteiger partial charge in [-0.2, -0.15) is 5.26 Å². The molecule has 1 amide bonds. The quantitative estimate of drug-likeness (QED) is 0.433. The van der Waals surface area contributed by atoms with E-state index in [4.69, 9.17) is 16.3 Å². The molecule has 1 aromatic heterocycles. The van der Waals surface area contributed by atoms with Crippen LogP contribution in [-0.4, -0.2) is 23.5 Å². The van der Waals surface area contributed by atoms with E-state index in [1.54, 1.807) is 18.2 Å². The Balaban J connectivity index is 1.64. The van der Waals surface area contributed by atoms with Crippen LogP contribution in [0.2, 0.25) is 5.02 Å². The second-order valence-corrected chi connectivity index (χ2v) is 7.30. The Morgan fingerprint density at radius 2 is 2.10 bits per heavy atom. The standard InChI is InChI=1S/C23H22ClN3O2/c1-15(2)29-22-8-7-16(12-20(22)24)11-18(13-25)23(28)26-10-9-17-14-27-21-6-4-3-5-19(17)21/h3-8,11-12,14-15,27H,9-10H2,1-2H3,(H,26,28). The molecule has 0 atom stereocenters. The third-order valence-corrected chi connectivity index (χ3v) is 4.64. The number of carbonyl (C=O) groups excluding carboxylic acids is 1. The van der Waals surface area contributed by atoms with Gasteiger partial charge in [-0.3, -0.25) is 4.79 Å². The molecule has 29 heavy (non-hydrogen) atoms. The highest BCUT2D eigenvalue weighted by molar-refractivity contribution is 6.32. The third kappa shape index (κ3) is 5.18. The molecule has 3 aromatic rings. The molecule has 0 aliphatic heterocycles. The van der Waals surface area contributed by atoms with E-state index in [-0.39, 0.29) is 11.7 Å². The van der Waals surface area contributed by atoms with Crippen LogP contribution in [-0.2, 0) is 11.2 Å². The van der Waals surface area contributed by atoms with Crippen LogP contribution in [0.15, 0.2) is 54.2 Å². The number of carbonyl (C=O) groups is 1. The summed E-state index contributed by atoms with van der Waals surface area (Å²) in [5, 5.41) is 13.8. The Hall–Kier alpha value is -3.23. The van der Waals surface area contributed by atoms with Crippen molar-refractivity contribution in [1.82, 2.24) is 10.3 Å². The Labute approximate surface area is 174 Å². The number of hydrogen-bond donors (Lipinski definition) is 2. The molecular weight excluding hydrogens is 386 g/mol. The van der Waals surface area contributed by atoms with Gasteiger partial charge >= 0.3 is 0 Å². The normalized spacial score (nSPS) is 11.5. The molecule has 0 fully saturated rings. The zero-order chi connectivity index (χ0) is 20.8. The number of amides is 1. The Morgan fingerprint density at radius 1 is 1.31 bits per heavy atom. The predicted molar refractivity (Wildman–Crippen MR) is 116 cm³/mol. The van der Waals surface area contributed by atoms with E-state index in [9.17, 15) is 10.1 Å². The van der Waals surface area contributed by atoms with Crippen molar-refractivity contribution in [3.8, 4) is 11.8 Å². The van der Waals surface area contributed by atoms with Crippen LogP contribution >= 0.6 is 11.6 Å². The maximum Gasteiger partial charge on any atom is 0.261 e. The van der Waals surface area contributed by atoms with Crippen molar-refractivity contribution in [2.24, 2.45) is 0 Å². The first-order chi connectivity index (χ1) is 14.0. The van der Waals surface area contributed by atoms with Crippen molar-refractivity contribution in [2.45, 2.75) is 26.4 Å². The van der Waals surface area contributed by atoms with Gasteiger partial charge < -0.3 is 15.0 Å². The average molecular weight is 408 g/mol. The summed E-state index contributed by atoms with van der Waals surface area (Å²) < 4.78 is 5.60. The maximum absolute atomic E-state index is 12.4. The average Bonchev–Trinajstić information content (AvgIpc) is 3.11. The first-order valence-corrected chi connectivity index (χ1v) is 9.77. The first-order valence-electron chi connectivity index (χ1n) is 9.39. The van der Waals surface area contributed by atoms with Gasteiger partial charge in [-0.25, -0.2) is 0 Å². The van der Waals surface area contributed by atoms with E-state index in [0.29, 0.717) is 29.3 Å². The zero-order valence-corrected chi connectivity index (χ0v) is 17.1. The smallest absolute Gasteiger partial charge is 0.261 e. The molecular formula is C23H22ClN3O2. The van der Waals surface area contributed by atoms with E-state index in [1.807, 2.05) is 50.4 Å². The van der Waals surface area contributed by atoms with E-state index in [2.05, 4.69) is 10.3 Å². The highest BCUT2D eigenvalue weighted by Crippen LogP contribution is 2.27. The van der Waals surface area contributed by atoms with Crippen LogP contribution < -0.4 is 10.1 Å². The summed E-state index contributed by atoms with van der Waals surface area (Å²) in [6, 6.07) is 15.1. The number of H-pyrrole nitrogens is 1. The second-order valence-electron chi connectivity index (χ2n) is 6.89. The van der Waals surface area contributed by atoms with Crippen molar-refractivity contribution < 1.29 is 9.53 Å². The molecule has 0 saturated carbocycles. The van der Waals surface area contributed by atoms with Gasteiger partial charge in [-0.15, -0.1) is 0 Å². The number of nitriles is 1. The Kier molecular flexibility index (Phi) is 6.58. The number of halogens is 1. The number of ether oxygens (including phenoxy) is 1. The summed E-state index contributed by atoms with van der Waals surface area (Å²) in [6.45, 7) is 4.26. The van der Waals surface area contributed by atoms with Crippen LogP contribution in [0, 0.1) is 11.3 Å². The first kappa shape index (κ1) is 20.5. The summed E-state index contributed by atoms with van der Waals surface area (Å²) >= 11 is 6.23. The molecule has 148 valence electrons. The van der Waals surface area contributed by atoms with Gasteiger partial charge in [0.15, 0.2) is 0 Å². The minimum absolute atomic E-state index is 0.00601. The van der Waals surface area contributed by atoms with Gasteiger partial charge in [0, 0.05) is 23.6 Å². The van der Waals surface area contributed by atoms with Crippen LogP contribution in [0.4, 0.5) is 0 Å². The van der Waals surface area contributed by atoms with Crippen molar-refractivity contribution in [1.29, 1.82) is 5.26 Å². The van der Waals surface area contributed by atoms with Crippen LogP contribution in [0.5, 0.6) is 5.75 Å². The fraction of sp³-hybridized carbons (Fsp3) is 0.217. The monoisotopic (exact) mass is 407 g/mol. The van der Waals surface area contributed by atoms with Crippen molar-refractivity contribution in [3.05, 3.63) is 70.4 Å². The lowest BCUT2D eigenvalue weighted by atomic mass is 10.1. The molecule has 2 aromatic carbocycles. The lowest BCUT2D eigenvalue weighted by Gasteiger charge is -2.11. The van der Waals surface area contributed by atoms with Crippen LogP contribution in [0.1, 0.15) is 25.0 Å². The molecule has 2 N–H and O–H groups in total. The van der Waals surface area contributed by atoms with Crippen LogP contribution in [0.3, 0.4) is 0 Å². The second kappa shape index (κ2) is 9.31. The van der Waals surface area contributed by atoms with E-state index >= 15 is 0 Å². The van der Waals surface area contributed by atoms with Gasteiger partial charge in [-0.05, 0) is 55.7 Å². The summed E-state index contributed by atoms with van der Waals surface area (Å²) in [4.78, 5) is 15.6. The van der Waals surface area contributed by atoms with Gasteiger partial charge in [-0.1, -0.05) is 35.9 Å². The molecule has 5 nitrogen and oxygen atoms in total. The molecule has 0 spiro atoms. The SMILES string of the molecule is CC(C)Oc1ccc(C=C(C#N)C(=O)NCCc2c[nH]c3ccccc23)cc1Cl. The van der Waals surface area contributed by atoms with Gasteiger partial charge in [0.05, 0.1) is 11.1 Å². The van der Waals surface area contributed by atoms with Crippen molar-refractivity contribution >= 4 is 34.5 Å².